The molecule has 1 aromatic heterocycles. The van der Waals surface area contributed by atoms with Crippen LogP contribution >= 0.6 is 0 Å². The predicted octanol–water partition coefficient (Wildman–Crippen LogP) is 1.25. The van der Waals surface area contributed by atoms with E-state index in [1.807, 2.05) is 0 Å². The molecule has 0 aliphatic carbocycles. The Labute approximate surface area is 104 Å². The van der Waals surface area contributed by atoms with Crippen LogP contribution < -0.4 is 10.5 Å². The molecule has 7 heteroatoms. The van der Waals surface area contributed by atoms with Gasteiger partial charge in [0.1, 0.15) is 11.6 Å². The molecule has 0 saturated heterocycles. The molecule has 0 aliphatic rings. The van der Waals surface area contributed by atoms with Gasteiger partial charge in [0.05, 0.1) is 17.3 Å². The maximum absolute atomic E-state index is 11.4. The number of sulfone groups is 1. The highest BCUT2D eigenvalue weighted by molar-refractivity contribution is 7.90. The van der Waals surface area contributed by atoms with E-state index in [-0.39, 0.29) is 16.6 Å². The quantitative estimate of drug-likeness (QED) is 0.897. The SMILES string of the molecule is CS(=O)(=O)c1cccc(Oc2cncc(N)n2)c1. The molecule has 0 atom stereocenters. The van der Waals surface area contributed by atoms with Gasteiger partial charge in [0, 0.05) is 6.26 Å². The molecule has 1 heterocycles. The summed E-state index contributed by atoms with van der Waals surface area (Å²) in [5, 5.41) is 0. The highest BCUT2D eigenvalue weighted by Gasteiger charge is 2.08. The molecule has 0 saturated carbocycles. The van der Waals surface area contributed by atoms with Gasteiger partial charge in [-0.05, 0) is 18.2 Å². The van der Waals surface area contributed by atoms with E-state index in [9.17, 15) is 8.42 Å². The van der Waals surface area contributed by atoms with E-state index >= 15 is 0 Å². The lowest BCUT2D eigenvalue weighted by Gasteiger charge is -2.06. The summed E-state index contributed by atoms with van der Waals surface area (Å²) in [6.45, 7) is 0. The van der Waals surface area contributed by atoms with Gasteiger partial charge in [-0.2, -0.15) is 4.98 Å². The van der Waals surface area contributed by atoms with Crippen LogP contribution in [0, 0.1) is 0 Å². The second-order valence-electron chi connectivity index (χ2n) is 3.63. The maximum atomic E-state index is 11.4. The van der Waals surface area contributed by atoms with Gasteiger partial charge >= 0.3 is 0 Å². The minimum Gasteiger partial charge on any atom is -0.437 e. The zero-order chi connectivity index (χ0) is 13.2. The number of ether oxygens (including phenoxy) is 1. The number of rotatable bonds is 3. The standard InChI is InChI=1S/C11H11N3O3S/c1-18(15,16)9-4-2-3-8(5-9)17-11-7-13-6-10(12)14-11/h2-7H,1H3,(H2,12,14). The Morgan fingerprint density at radius 2 is 2.06 bits per heavy atom. The van der Waals surface area contributed by atoms with Gasteiger partial charge < -0.3 is 10.5 Å². The molecule has 0 radical (unpaired) electrons. The monoisotopic (exact) mass is 265 g/mol. The van der Waals surface area contributed by atoms with E-state index in [2.05, 4.69) is 9.97 Å². The molecule has 2 aromatic rings. The molecule has 18 heavy (non-hydrogen) atoms. The van der Waals surface area contributed by atoms with E-state index < -0.39 is 9.84 Å². The van der Waals surface area contributed by atoms with Crippen LogP contribution in [-0.4, -0.2) is 24.6 Å². The third kappa shape index (κ3) is 2.95. The lowest BCUT2D eigenvalue weighted by molar-refractivity contribution is 0.459. The fraction of sp³-hybridized carbons (Fsp3) is 0.0909. The van der Waals surface area contributed by atoms with Crippen molar-refractivity contribution in [1.29, 1.82) is 0 Å². The first kappa shape index (κ1) is 12.3. The van der Waals surface area contributed by atoms with Crippen molar-refractivity contribution in [2.75, 3.05) is 12.0 Å². The van der Waals surface area contributed by atoms with Crippen LogP contribution in [0.15, 0.2) is 41.6 Å². The van der Waals surface area contributed by atoms with Crippen LogP contribution in [0.2, 0.25) is 0 Å². The first-order chi connectivity index (χ1) is 8.45. The Bertz CT molecular complexity index is 671. The molecule has 2 N–H and O–H groups in total. The fourth-order valence-electron chi connectivity index (χ4n) is 1.30. The number of anilines is 1. The molecule has 2 rings (SSSR count). The topological polar surface area (TPSA) is 95.2 Å². The minimum absolute atomic E-state index is 0.178. The van der Waals surface area contributed by atoms with Crippen LogP contribution in [0.1, 0.15) is 0 Å². The summed E-state index contributed by atoms with van der Waals surface area (Å²) >= 11 is 0. The van der Waals surface area contributed by atoms with Gasteiger partial charge in [-0.3, -0.25) is 4.98 Å². The van der Waals surface area contributed by atoms with Gasteiger partial charge in [0.15, 0.2) is 9.84 Å². The van der Waals surface area contributed by atoms with Crippen LogP contribution in [0.3, 0.4) is 0 Å². The van der Waals surface area contributed by atoms with Crippen molar-refractivity contribution in [3.05, 3.63) is 36.7 Å². The number of hydrogen-bond donors (Lipinski definition) is 1. The number of nitrogens with zero attached hydrogens (tertiary/aromatic N) is 2. The lowest BCUT2D eigenvalue weighted by atomic mass is 10.3. The van der Waals surface area contributed by atoms with Crippen LogP contribution in [0.5, 0.6) is 11.6 Å². The summed E-state index contributed by atoms with van der Waals surface area (Å²) in [7, 11) is -3.27. The van der Waals surface area contributed by atoms with Crippen molar-refractivity contribution in [2.24, 2.45) is 0 Å². The summed E-state index contributed by atoms with van der Waals surface area (Å²) < 4.78 is 28.2. The minimum atomic E-state index is -3.27. The van der Waals surface area contributed by atoms with Crippen LogP contribution in [-0.2, 0) is 9.84 Å². The highest BCUT2D eigenvalue weighted by Crippen LogP contribution is 2.22. The second-order valence-corrected chi connectivity index (χ2v) is 5.65. The van der Waals surface area contributed by atoms with Gasteiger partial charge in [0.25, 0.3) is 0 Å². The molecule has 94 valence electrons. The smallest absolute Gasteiger partial charge is 0.239 e. The van der Waals surface area contributed by atoms with Crippen molar-refractivity contribution >= 4 is 15.7 Å². The molecule has 0 unspecified atom stereocenters. The molecule has 0 aliphatic heterocycles. The Morgan fingerprint density at radius 1 is 1.28 bits per heavy atom. The summed E-state index contributed by atoms with van der Waals surface area (Å²) in [6, 6.07) is 6.12. The van der Waals surface area contributed by atoms with E-state index in [1.165, 1.54) is 24.5 Å². The Balaban J connectivity index is 2.30. The molecule has 0 fully saturated rings. The first-order valence-electron chi connectivity index (χ1n) is 5.00. The molecule has 1 aromatic carbocycles. The average Bonchev–Trinajstić information content (AvgIpc) is 2.28. The number of benzene rings is 1. The van der Waals surface area contributed by atoms with E-state index in [1.54, 1.807) is 12.1 Å². The molecular formula is C11H11N3O3S. The van der Waals surface area contributed by atoms with Crippen molar-refractivity contribution in [1.82, 2.24) is 9.97 Å². The van der Waals surface area contributed by atoms with E-state index in [0.29, 0.717) is 5.75 Å². The third-order valence-corrected chi connectivity index (χ3v) is 3.20. The Hall–Kier alpha value is -2.15. The van der Waals surface area contributed by atoms with Crippen LogP contribution in [0.25, 0.3) is 0 Å². The molecule has 0 spiro atoms. The molecule has 0 bridgehead atoms. The van der Waals surface area contributed by atoms with Crippen molar-refractivity contribution in [3.63, 3.8) is 0 Å². The van der Waals surface area contributed by atoms with Crippen LogP contribution in [0.4, 0.5) is 5.82 Å². The summed E-state index contributed by atoms with van der Waals surface area (Å²) in [6.07, 6.45) is 3.91. The zero-order valence-electron chi connectivity index (χ0n) is 9.57. The largest absolute Gasteiger partial charge is 0.437 e. The van der Waals surface area contributed by atoms with Gasteiger partial charge in [-0.25, -0.2) is 8.42 Å². The second kappa shape index (κ2) is 4.61. The molecule has 6 nitrogen and oxygen atoms in total. The summed E-state index contributed by atoms with van der Waals surface area (Å²) in [5.74, 6) is 0.797. The van der Waals surface area contributed by atoms with Crippen molar-refractivity contribution < 1.29 is 13.2 Å². The van der Waals surface area contributed by atoms with E-state index in [0.717, 1.165) is 6.26 Å². The summed E-state index contributed by atoms with van der Waals surface area (Å²) in [5.41, 5.74) is 5.46. The van der Waals surface area contributed by atoms with Gasteiger partial charge in [-0.1, -0.05) is 6.07 Å². The van der Waals surface area contributed by atoms with E-state index in [4.69, 9.17) is 10.5 Å². The number of nitrogen functional groups attached to an aromatic ring is 1. The van der Waals surface area contributed by atoms with Gasteiger partial charge in [0.2, 0.25) is 5.88 Å². The number of nitrogens with two attached hydrogens (primary N) is 1. The van der Waals surface area contributed by atoms with Crippen molar-refractivity contribution in [2.45, 2.75) is 4.90 Å². The van der Waals surface area contributed by atoms with Crippen molar-refractivity contribution in [3.8, 4) is 11.6 Å². The molecular weight excluding hydrogens is 254 g/mol. The average molecular weight is 265 g/mol. The predicted molar refractivity (Wildman–Crippen MR) is 66.1 cm³/mol. The molecule has 0 amide bonds. The highest BCUT2D eigenvalue weighted by atomic mass is 32.2. The normalized spacial score (nSPS) is 11.2. The Morgan fingerprint density at radius 3 is 2.72 bits per heavy atom. The zero-order valence-corrected chi connectivity index (χ0v) is 10.4. The fourth-order valence-corrected chi connectivity index (χ4v) is 1.96. The Kier molecular flexibility index (Phi) is 3.15. The number of hydrogen-bond acceptors (Lipinski definition) is 6. The summed E-state index contributed by atoms with van der Waals surface area (Å²) in [4.78, 5) is 7.90. The maximum Gasteiger partial charge on any atom is 0.239 e. The lowest BCUT2D eigenvalue weighted by Crippen LogP contribution is -1.98. The number of aromatic nitrogens is 2. The third-order valence-electron chi connectivity index (χ3n) is 2.09. The first-order valence-corrected chi connectivity index (χ1v) is 6.90. The van der Waals surface area contributed by atoms with Gasteiger partial charge in [-0.15, -0.1) is 0 Å².